The fourth-order valence-corrected chi connectivity index (χ4v) is 2.78. The molecule has 0 fully saturated rings. The van der Waals surface area contributed by atoms with E-state index in [4.69, 9.17) is 22.1 Å². The van der Waals surface area contributed by atoms with Crippen LogP contribution in [0.3, 0.4) is 0 Å². The highest BCUT2D eigenvalue weighted by Crippen LogP contribution is 2.20. The van der Waals surface area contributed by atoms with Gasteiger partial charge in [0.1, 0.15) is 24.0 Å². The van der Waals surface area contributed by atoms with Crippen molar-refractivity contribution >= 4 is 23.5 Å². The summed E-state index contributed by atoms with van der Waals surface area (Å²) in [6, 6.07) is 0. The first-order valence-corrected chi connectivity index (χ1v) is 10.3. The minimum Gasteiger partial charge on any atom is -0.490 e. The quantitative estimate of drug-likeness (QED) is 0.452. The van der Waals surface area contributed by atoms with Crippen molar-refractivity contribution in [1.29, 1.82) is 0 Å². The van der Waals surface area contributed by atoms with E-state index in [1.807, 2.05) is 26.0 Å². The highest BCUT2D eigenvalue weighted by molar-refractivity contribution is 6.29. The average Bonchev–Trinajstić information content (AvgIpc) is 2.96. The molecule has 0 spiro atoms. The fraction of sp³-hybridized carbons (Fsp3) is 0.318. The first kappa shape index (κ1) is 23.3. The number of amidine groups is 1. The lowest BCUT2D eigenvalue weighted by molar-refractivity contribution is 0.187. The molecule has 30 heavy (non-hydrogen) atoms. The molecule has 160 valence electrons. The van der Waals surface area contributed by atoms with Crippen molar-refractivity contribution in [2.75, 3.05) is 0 Å². The summed E-state index contributed by atoms with van der Waals surface area (Å²) >= 11 is 6.10. The Morgan fingerprint density at radius 2 is 2.23 bits per heavy atom. The Kier molecular flexibility index (Phi) is 9.80. The van der Waals surface area contributed by atoms with Crippen molar-refractivity contribution in [3.8, 4) is 0 Å². The van der Waals surface area contributed by atoms with Crippen LogP contribution < -0.4 is 5.73 Å². The SMILES string of the molecule is CC.NC(/C=C\c1n[nH]c(COC2=CC=CC(F)=CC2)n1)=NC1=CCCCC(Cl)=C1. The molecular weight excluding hydrogens is 405 g/mol. The van der Waals surface area contributed by atoms with Crippen LogP contribution in [0.1, 0.15) is 51.2 Å². The third-order valence-corrected chi connectivity index (χ3v) is 4.22. The first-order valence-electron chi connectivity index (χ1n) is 9.94. The molecule has 0 unspecified atom stereocenters. The monoisotopic (exact) mass is 431 g/mol. The van der Waals surface area contributed by atoms with Crippen LogP contribution in [0.2, 0.25) is 0 Å². The third kappa shape index (κ3) is 8.21. The molecule has 6 nitrogen and oxygen atoms in total. The van der Waals surface area contributed by atoms with E-state index in [0.29, 0.717) is 29.7 Å². The summed E-state index contributed by atoms with van der Waals surface area (Å²) in [7, 11) is 0. The van der Waals surface area contributed by atoms with E-state index in [1.54, 1.807) is 24.3 Å². The molecule has 0 radical (unpaired) electrons. The van der Waals surface area contributed by atoms with Gasteiger partial charge in [0.2, 0.25) is 0 Å². The first-order chi connectivity index (χ1) is 14.6. The summed E-state index contributed by atoms with van der Waals surface area (Å²) in [4.78, 5) is 8.66. The number of aliphatic imine (C=N–C) groups is 1. The largest absolute Gasteiger partial charge is 0.490 e. The number of aromatic nitrogens is 3. The van der Waals surface area contributed by atoms with Crippen LogP contribution in [-0.4, -0.2) is 21.0 Å². The number of rotatable bonds is 6. The molecule has 2 aliphatic rings. The fourth-order valence-electron chi connectivity index (χ4n) is 2.54. The van der Waals surface area contributed by atoms with Crippen LogP contribution in [0.25, 0.3) is 6.08 Å². The zero-order valence-corrected chi connectivity index (χ0v) is 18.0. The summed E-state index contributed by atoms with van der Waals surface area (Å²) in [6.45, 7) is 4.20. The Hall–Kier alpha value is -2.93. The second kappa shape index (κ2) is 12.6. The zero-order chi connectivity index (χ0) is 21.8. The summed E-state index contributed by atoms with van der Waals surface area (Å²) in [5.41, 5.74) is 6.70. The van der Waals surface area contributed by atoms with E-state index >= 15 is 0 Å². The number of allylic oxidation sites excluding steroid dienone is 8. The standard InChI is InChI=1S/C20H21ClFN5O.C2H6/c21-14-4-1-2-6-16(12-14)24-18(23)10-11-19-25-20(27-26-19)13-28-17-7-3-5-15(22)8-9-17;1-2/h3,5-8,10-12H,1-2,4,9,13H2,(H2,23,24)(H,25,26,27);1-2H3/b11-10-;. The van der Waals surface area contributed by atoms with Gasteiger partial charge in [-0.15, -0.1) is 0 Å². The van der Waals surface area contributed by atoms with Crippen molar-refractivity contribution < 1.29 is 9.13 Å². The van der Waals surface area contributed by atoms with Gasteiger partial charge in [-0.25, -0.2) is 14.4 Å². The minimum atomic E-state index is -0.279. The molecule has 8 heteroatoms. The van der Waals surface area contributed by atoms with E-state index < -0.39 is 0 Å². The second-order valence-corrected chi connectivity index (χ2v) is 6.68. The highest BCUT2D eigenvalue weighted by atomic mass is 35.5. The van der Waals surface area contributed by atoms with Crippen molar-refractivity contribution in [3.63, 3.8) is 0 Å². The van der Waals surface area contributed by atoms with E-state index in [-0.39, 0.29) is 12.4 Å². The smallest absolute Gasteiger partial charge is 0.174 e. The maximum Gasteiger partial charge on any atom is 0.174 e. The predicted octanol–water partition coefficient (Wildman–Crippen LogP) is 5.61. The van der Waals surface area contributed by atoms with Gasteiger partial charge in [-0.05, 0) is 55.7 Å². The van der Waals surface area contributed by atoms with Crippen LogP contribution in [0.5, 0.6) is 0 Å². The molecule has 0 atom stereocenters. The lowest BCUT2D eigenvalue weighted by Gasteiger charge is -2.05. The Morgan fingerprint density at radius 3 is 3.07 bits per heavy atom. The van der Waals surface area contributed by atoms with Gasteiger partial charge in [0, 0.05) is 11.5 Å². The molecule has 2 aliphatic carbocycles. The Balaban J connectivity index is 0.00000155. The van der Waals surface area contributed by atoms with E-state index in [0.717, 1.165) is 30.0 Å². The molecular formula is C22H27ClFN5O. The summed E-state index contributed by atoms with van der Waals surface area (Å²) in [5, 5.41) is 7.67. The molecule has 1 aromatic heterocycles. The lowest BCUT2D eigenvalue weighted by atomic mass is 10.2. The van der Waals surface area contributed by atoms with Gasteiger partial charge in [0.05, 0.1) is 5.70 Å². The summed E-state index contributed by atoms with van der Waals surface area (Å²) < 4.78 is 18.8. The summed E-state index contributed by atoms with van der Waals surface area (Å²) in [6.07, 6.45) is 16.5. The van der Waals surface area contributed by atoms with Crippen LogP contribution in [0.4, 0.5) is 4.39 Å². The third-order valence-electron chi connectivity index (χ3n) is 3.92. The van der Waals surface area contributed by atoms with Crippen LogP contribution in [0.15, 0.2) is 69.8 Å². The number of H-pyrrole nitrogens is 1. The number of ether oxygens (including phenoxy) is 1. The minimum absolute atomic E-state index is 0.204. The van der Waals surface area contributed by atoms with Gasteiger partial charge in [0.25, 0.3) is 0 Å². The Morgan fingerprint density at radius 1 is 1.40 bits per heavy atom. The average molecular weight is 432 g/mol. The van der Waals surface area contributed by atoms with Crippen LogP contribution in [-0.2, 0) is 11.3 Å². The number of halogens is 2. The van der Waals surface area contributed by atoms with E-state index in [1.165, 1.54) is 12.2 Å². The number of nitrogens with one attached hydrogen (secondary N) is 1. The molecule has 0 amide bonds. The molecule has 1 aromatic rings. The number of nitrogens with zero attached hydrogens (tertiary/aromatic N) is 3. The van der Waals surface area contributed by atoms with Gasteiger partial charge in [-0.3, -0.25) is 5.10 Å². The van der Waals surface area contributed by atoms with E-state index in [2.05, 4.69) is 20.2 Å². The van der Waals surface area contributed by atoms with E-state index in [9.17, 15) is 4.39 Å². The topological polar surface area (TPSA) is 89.2 Å². The highest BCUT2D eigenvalue weighted by Gasteiger charge is 2.05. The van der Waals surface area contributed by atoms with Gasteiger partial charge >= 0.3 is 0 Å². The Bertz CT molecular complexity index is 919. The van der Waals surface area contributed by atoms with Crippen molar-refractivity contribution in [1.82, 2.24) is 15.2 Å². The Labute approximate surface area is 181 Å². The van der Waals surface area contributed by atoms with Gasteiger partial charge in [-0.2, -0.15) is 5.10 Å². The summed E-state index contributed by atoms with van der Waals surface area (Å²) in [5.74, 6) is 1.71. The van der Waals surface area contributed by atoms with Gasteiger partial charge in [-0.1, -0.05) is 37.6 Å². The van der Waals surface area contributed by atoms with Crippen LogP contribution >= 0.6 is 11.6 Å². The number of aromatic amines is 1. The molecule has 0 aromatic carbocycles. The molecule has 0 aliphatic heterocycles. The zero-order valence-electron chi connectivity index (χ0n) is 17.2. The van der Waals surface area contributed by atoms with Crippen molar-refractivity contribution in [3.05, 3.63) is 76.5 Å². The number of hydrogen-bond donors (Lipinski definition) is 2. The molecule has 0 bridgehead atoms. The molecule has 3 rings (SSSR count). The van der Waals surface area contributed by atoms with Gasteiger partial charge < -0.3 is 10.5 Å². The normalized spacial score (nSPS) is 17.1. The molecule has 0 saturated heterocycles. The maximum atomic E-state index is 13.1. The second-order valence-electron chi connectivity index (χ2n) is 6.20. The molecule has 0 saturated carbocycles. The van der Waals surface area contributed by atoms with Crippen molar-refractivity contribution in [2.45, 2.75) is 46.1 Å². The number of hydrogen-bond acceptors (Lipinski definition) is 4. The molecule has 1 heterocycles. The predicted molar refractivity (Wildman–Crippen MR) is 120 cm³/mol. The maximum absolute atomic E-state index is 13.1. The van der Waals surface area contributed by atoms with Crippen molar-refractivity contribution in [2.24, 2.45) is 10.7 Å². The van der Waals surface area contributed by atoms with Gasteiger partial charge in [0.15, 0.2) is 11.6 Å². The number of nitrogens with two attached hydrogens (primary N) is 1. The molecule has 3 N–H and O–H groups in total. The van der Waals surface area contributed by atoms with Crippen LogP contribution in [0, 0.1) is 0 Å². The lowest BCUT2D eigenvalue weighted by Crippen LogP contribution is -2.07.